The van der Waals surface area contributed by atoms with Crippen LogP contribution in [-0.4, -0.2) is 29.2 Å². The van der Waals surface area contributed by atoms with Crippen LogP contribution in [-0.2, 0) is 4.79 Å². The summed E-state index contributed by atoms with van der Waals surface area (Å²) in [6.07, 6.45) is 2.53. The van der Waals surface area contributed by atoms with Gasteiger partial charge in [0.2, 0.25) is 11.8 Å². The molecule has 2 rings (SSSR count). The van der Waals surface area contributed by atoms with Crippen molar-refractivity contribution in [2.24, 2.45) is 5.41 Å². The second kappa shape index (κ2) is 4.83. The third-order valence-electron chi connectivity index (χ3n) is 3.47. The number of hydrogen-bond acceptors (Lipinski definition) is 5. The Morgan fingerprint density at radius 2 is 2.18 bits per heavy atom. The maximum Gasteiger partial charge on any atom is 0.322 e. The molecule has 1 aromatic heterocycles. The Hall–Kier alpha value is -1.43. The van der Waals surface area contributed by atoms with Gasteiger partial charge in [-0.2, -0.15) is 0 Å². The first kappa shape index (κ1) is 12.0. The quantitative estimate of drug-likeness (QED) is 0.824. The molecule has 1 amide bonds. The number of amides is 1. The number of rotatable bonds is 3. The lowest BCUT2D eigenvalue weighted by atomic mass is 9.76. The Kier molecular flexibility index (Phi) is 3.42. The molecule has 2 heterocycles. The average molecular weight is 238 g/mol. The molecule has 0 aromatic carbocycles. The highest BCUT2D eigenvalue weighted by atomic mass is 16.4. The van der Waals surface area contributed by atoms with E-state index in [-0.39, 0.29) is 17.3 Å². The minimum Gasteiger partial charge on any atom is -0.408 e. The molecule has 0 saturated carbocycles. The Morgan fingerprint density at radius 3 is 2.71 bits per heavy atom. The van der Waals surface area contributed by atoms with Crippen LogP contribution in [0.2, 0.25) is 0 Å². The molecule has 17 heavy (non-hydrogen) atoms. The van der Waals surface area contributed by atoms with Gasteiger partial charge in [0.05, 0.1) is 5.41 Å². The fraction of sp³-hybridized carbons (Fsp3) is 0.727. The number of nitrogens with zero attached hydrogens (tertiary/aromatic N) is 2. The van der Waals surface area contributed by atoms with E-state index in [4.69, 9.17) is 4.42 Å². The molecule has 1 aliphatic heterocycles. The number of piperidine rings is 1. The standard InChI is InChI=1S/C11H18N4O2/c1-3-11(4-6-12-7-5-11)9(16)13-10-15-14-8(2)17-10/h12H,3-7H2,1-2H3,(H,13,15,16). The summed E-state index contributed by atoms with van der Waals surface area (Å²) in [7, 11) is 0. The maximum absolute atomic E-state index is 12.3. The predicted molar refractivity (Wildman–Crippen MR) is 62.5 cm³/mol. The van der Waals surface area contributed by atoms with Gasteiger partial charge in [0, 0.05) is 6.92 Å². The smallest absolute Gasteiger partial charge is 0.322 e. The zero-order chi connectivity index (χ0) is 12.3. The predicted octanol–water partition coefficient (Wildman–Crippen LogP) is 1.10. The van der Waals surface area contributed by atoms with E-state index in [1.807, 2.05) is 6.92 Å². The first-order valence-corrected chi connectivity index (χ1v) is 5.98. The van der Waals surface area contributed by atoms with E-state index in [1.165, 1.54) is 0 Å². The van der Waals surface area contributed by atoms with Gasteiger partial charge >= 0.3 is 6.01 Å². The van der Waals surface area contributed by atoms with Gasteiger partial charge in [-0.15, -0.1) is 5.10 Å². The second-order valence-electron chi connectivity index (χ2n) is 4.46. The van der Waals surface area contributed by atoms with E-state index < -0.39 is 0 Å². The molecule has 1 fully saturated rings. The van der Waals surface area contributed by atoms with E-state index in [2.05, 4.69) is 20.8 Å². The molecule has 1 aromatic rings. The Bertz CT molecular complexity index is 396. The summed E-state index contributed by atoms with van der Waals surface area (Å²) in [5.41, 5.74) is -0.298. The van der Waals surface area contributed by atoms with Gasteiger partial charge in [0.1, 0.15) is 0 Å². The van der Waals surface area contributed by atoms with E-state index in [0.29, 0.717) is 5.89 Å². The van der Waals surface area contributed by atoms with Crippen LogP contribution in [0.5, 0.6) is 0 Å². The van der Waals surface area contributed by atoms with Crippen molar-refractivity contribution >= 4 is 11.9 Å². The van der Waals surface area contributed by atoms with E-state index >= 15 is 0 Å². The molecule has 6 heteroatoms. The highest BCUT2D eigenvalue weighted by Gasteiger charge is 2.38. The molecule has 2 N–H and O–H groups in total. The molecular weight excluding hydrogens is 220 g/mol. The fourth-order valence-corrected chi connectivity index (χ4v) is 2.22. The van der Waals surface area contributed by atoms with Crippen LogP contribution >= 0.6 is 0 Å². The molecular formula is C11H18N4O2. The van der Waals surface area contributed by atoms with E-state index in [0.717, 1.165) is 32.4 Å². The highest BCUT2D eigenvalue weighted by molar-refractivity contribution is 5.93. The van der Waals surface area contributed by atoms with Crippen molar-refractivity contribution in [2.75, 3.05) is 18.4 Å². The third-order valence-corrected chi connectivity index (χ3v) is 3.47. The second-order valence-corrected chi connectivity index (χ2v) is 4.46. The summed E-state index contributed by atoms with van der Waals surface area (Å²) < 4.78 is 5.16. The van der Waals surface area contributed by atoms with Gasteiger partial charge in [-0.3, -0.25) is 10.1 Å². The van der Waals surface area contributed by atoms with Crippen molar-refractivity contribution in [1.82, 2.24) is 15.5 Å². The van der Waals surface area contributed by atoms with Crippen LogP contribution in [0.1, 0.15) is 32.1 Å². The van der Waals surface area contributed by atoms with Gasteiger partial charge in [0.25, 0.3) is 0 Å². The van der Waals surface area contributed by atoms with Crippen LogP contribution in [0.15, 0.2) is 4.42 Å². The average Bonchev–Trinajstić information content (AvgIpc) is 2.75. The Morgan fingerprint density at radius 1 is 1.47 bits per heavy atom. The summed E-state index contributed by atoms with van der Waals surface area (Å²) in [6, 6.07) is 0.193. The van der Waals surface area contributed by atoms with Crippen molar-refractivity contribution in [3.63, 3.8) is 0 Å². The Labute approximate surface area is 100 Å². The van der Waals surface area contributed by atoms with Crippen LogP contribution in [0.25, 0.3) is 0 Å². The molecule has 94 valence electrons. The van der Waals surface area contributed by atoms with Gasteiger partial charge in [-0.05, 0) is 32.4 Å². The normalized spacial score (nSPS) is 18.9. The lowest BCUT2D eigenvalue weighted by Crippen LogP contribution is -2.44. The first-order chi connectivity index (χ1) is 8.16. The Balaban J connectivity index is 2.07. The van der Waals surface area contributed by atoms with E-state index in [9.17, 15) is 4.79 Å². The number of aromatic nitrogens is 2. The largest absolute Gasteiger partial charge is 0.408 e. The summed E-state index contributed by atoms with van der Waals surface area (Å²) in [6.45, 7) is 5.50. The number of nitrogens with one attached hydrogen (secondary N) is 2. The summed E-state index contributed by atoms with van der Waals surface area (Å²) in [5, 5.41) is 13.5. The zero-order valence-corrected chi connectivity index (χ0v) is 10.2. The monoisotopic (exact) mass is 238 g/mol. The van der Waals surface area contributed by atoms with Crippen molar-refractivity contribution in [1.29, 1.82) is 0 Å². The number of carbonyl (C=O) groups excluding carboxylic acids is 1. The van der Waals surface area contributed by atoms with Crippen molar-refractivity contribution in [3.05, 3.63) is 5.89 Å². The number of anilines is 1. The van der Waals surface area contributed by atoms with Crippen molar-refractivity contribution in [3.8, 4) is 0 Å². The molecule has 0 bridgehead atoms. The van der Waals surface area contributed by atoms with Gasteiger partial charge < -0.3 is 9.73 Å². The molecule has 6 nitrogen and oxygen atoms in total. The topological polar surface area (TPSA) is 80.1 Å². The molecule has 0 radical (unpaired) electrons. The van der Waals surface area contributed by atoms with Crippen molar-refractivity contribution in [2.45, 2.75) is 33.1 Å². The molecule has 1 saturated heterocycles. The van der Waals surface area contributed by atoms with E-state index in [1.54, 1.807) is 6.92 Å². The molecule has 0 spiro atoms. The van der Waals surface area contributed by atoms with Crippen LogP contribution in [0, 0.1) is 12.3 Å². The minimum atomic E-state index is -0.298. The molecule has 0 atom stereocenters. The first-order valence-electron chi connectivity index (χ1n) is 5.98. The van der Waals surface area contributed by atoms with Gasteiger partial charge in [-0.1, -0.05) is 12.0 Å². The number of aryl methyl sites for hydroxylation is 1. The summed E-state index contributed by atoms with van der Waals surface area (Å²) >= 11 is 0. The van der Waals surface area contributed by atoms with Crippen LogP contribution in [0.4, 0.5) is 6.01 Å². The van der Waals surface area contributed by atoms with Crippen LogP contribution in [0.3, 0.4) is 0 Å². The van der Waals surface area contributed by atoms with Gasteiger partial charge in [0.15, 0.2) is 0 Å². The fourth-order valence-electron chi connectivity index (χ4n) is 2.22. The maximum atomic E-state index is 12.3. The highest BCUT2D eigenvalue weighted by Crippen LogP contribution is 2.33. The molecule has 1 aliphatic rings. The molecule has 0 aliphatic carbocycles. The third kappa shape index (κ3) is 2.46. The van der Waals surface area contributed by atoms with Crippen molar-refractivity contribution < 1.29 is 9.21 Å². The number of hydrogen-bond donors (Lipinski definition) is 2. The SMILES string of the molecule is CCC1(C(=O)Nc2nnc(C)o2)CCNCC1. The lowest BCUT2D eigenvalue weighted by molar-refractivity contribution is -0.127. The van der Waals surface area contributed by atoms with Gasteiger partial charge in [-0.25, -0.2) is 0 Å². The zero-order valence-electron chi connectivity index (χ0n) is 10.2. The summed E-state index contributed by atoms with van der Waals surface area (Å²) in [5.74, 6) is 0.446. The lowest BCUT2D eigenvalue weighted by Gasteiger charge is -2.34. The minimum absolute atomic E-state index is 0.00912. The van der Waals surface area contributed by atoms with Crippen LogP contribution < -0.4 is 10.6 Å². The number of carbonyl (C=O) groups is 1. The summed E-state index contributed by atoms with van der Waals surface area (Å²) in [4.78, 5) is 12.3. The molecule has 0 unspecified atom stereocenters.